The van der Waals surface area contributed by atoms with Crippen LogP contribution in [0.1, 0.15) is 12.2 Å². The molecule has 0 amide bonds. The van der Waals surface area contributed by atoms with E-state index in [9.17, 15) is 13.0 Å². The van der Waals surface area contributed by atoms with Crippen LogP contribution in [0.3, 0.4) is 0 Å². The Bertz CT molecular complexity index is 1010. The van der Waals surface area contributed by atoms with E-state index in [1.54, 1.807) is 18.2 Å². The maximum Gasteiger partial charge on any atom is 0.387 e. The Labute approximate surface area is 166 Å². The number of ether oxygens (including phenoxy) is 3. The summed E-state index contributed by atoms with van der Waals surface area (Å²) < 4.78 is 54.3. The van der Waals surface area contributed by atoms with Gasteiger partial charge in [0.1, 0.15) is 5.75 Å². The summed E-state index contributed by atoms with van der Waals surface area (Å²) in [5.74, 6) is 1.62. The molecule has 1 atom stereocenters. The SMILES string of the molecule is O=S(Cc1nnnn1-c1ccc(OC(F)F)cc1)c1ccc2c(c1)OCCCO2. The first-order valence-corrected chi connectivity index (χ1v) is 10.0. The van der Waals surface area contributed by atoms with Crippen molar-refractivity contribution in [3.63, 3.8) is 0 Å². The van der Waals surface area contributed by atoms with E-state index in [0.717, 1.165) is 6.42 Å². The van der Waals surface area contributed by atoms with Crippen LogP contribution in [-0.2, 0) is 16.6 Å². The molecule has 1 aromatic heterocycles. The number of tetrazole rings is 1. The minimum Gasteiger partial charge on any atom is -0.490 e. The first-order valence-electron chi connectivity index (χ1n) is 8.71. The van der Waals surface area contributed by atoms with Gasteiger partial charge in [0.05, 0.1) is 35.5 Å². The number of nitrogens with zero attached hydrogens (tertiary/aromatic N) is 4. The van der Waals surface area contributed by atoms with Crippen molar-refractivity contribution in [1.29, 1.82) is 0 Å². The van der Waals surface area contributed by atoms with Gasteiger partial charge >= 0.3 is 6.61 Å². The minimum absolute atomic E-state index is 0.0224. The van der Waals surface area contributed by atoms with Crippen molar-refractivity contribution in [2.45, 2.75) is 23.7 Å². The molecule has 0 N–H and O–H groups in total. The van der Waals surface area contributed by atoms with Crippen LogP contribution in [0.4, 0.5) is 8.78 Å². The summed E-state index contributed by atoms with van der Waals surface area (Å²) in [4.78, 5) is 0.560. The summed E-state index contributed by atoms with van der Waals surface area (Å²) in [6.45, 7) is -1.79. The van der Waals surface area contributed by atoms with Gasteiger partial charge in [-0.25, -0.2) is 0 Å². The molecule has 3 aromatic rings. The molecular formula is C18H16F2N4O4S. The number of aromatic nitrogens is 4. The second kappa shape index (κ2) is 8.52. The lowest BCUT2D eigenvalue weighted by Crippen LogP contribution is -2.07. The van der Waals surface area contributed by atoms with Gasteiger partial charge < -0.3 is 14.2 Å². The Morgan fingerprint density at radius 2 is 1.86 bits per heavy atom. The topological polar surface area (TPSA) is 88.4 Å². The van der Waals surface area contributed by atoms with Crippen molar-refractivity contribution in [2.24, 2.45) is 0 Å². The van der Waals surface area contributed by atoms with E-state index < -0.39 is 17.4 Å². The average Bonchev–Trinajstić information content (AvgIpc) is 3.03. The van der Waals surface area contributed by atoms with Crippen molar-refractivity contribution in [1.82, 2.24) is 20.2 Å². The smallest absolute Gasteiger partial charge is 0.387 e. The van der Waals surface area contributed by atoms with E-state index in [0.29, 0.717) is 41.1 Å². The molecule has 0 saturated heterocycles. The molecule has 4 rings (SSSR count). The first-order chi connectivity index (χ1) is 14.1. The van der Waals surface area contributed by atoms with Gasteiger partial charge in [-0.05, 0) is 46.8 Å². The Balaban J connectivity index is 1.52. The molecule has 0 aliphatic carbocycles. The molecule has 0 radical (unpaired) electrons. The minimum atomic E-state index is -2.90. The molecule has 8 nitrogen and oxygen atoms in total. The second-order valence-electron chi connectivity index (χ2n) is 6.03. The molecule has 2 aromatic carbocycles. The third-order valence-electron chi connectivity index (χ3n) is 4.08. The van der Waals surface area contributed by atoms with Crippen molar-refractivity contribution in [3.05, 3.63) is 48.3 Å². The summed E-state index contributed by atoms with van der Waals surface area (Å²) in [5.41, 5.74) is 0.530. The summed E-state index contributed by atoms with van der Waals surface area (Å²) in [7, 11) is -1.44. The van der Waals surface area contributed by atoms with Crippen LogP contribution in [-0.4, -0.2) is 44.2 Å². The van der Waals surface area contributed by atoms with Gasteiger partial charge in [-0.1, -0.05) is 0 Å². The van der Waals surface area contributed by atoms with Crippen LogP contribution in [0.2, 0.25) is 0 Å². The van der Waals surface area contributed by atoms with Crippen LogP contribution in [0.15, 0.2) is 47.4 Å². The first kappa shape index (κ1) is 19.2. The zero-order valence-electron chi connectivity index (χ0n) is 15.0. The molecule has 0 fully saturated rings. The number of fused-ring (bicyclic) bond motifs is 1. The van der Waals surface area contributed by atoms with Gasteiger partial charge in [-0.3, -0.25) is 4.21 Å². The van der Waals surface area contributed by atoms with Crippen molar-refractivity contribution < 1.29 is 27.2 Å². The Kier molecular flexibility index (Phi) is 5.65. The fourth-order valence-corrected chi connectivity index (χ4v) is 3.79. The second-order valence-corrected chi connectivity index (χ2v) is 7.48. The van der Waals surface area contributed by atoms with Gasteiger partial charge in [0.15, 0.2) is 17.3 Å². The standard InChI is InChI=1S/C18H16F2N4O4S/c19-18(20)28-13-4-2-12(3-5-13)24-17(21-22-23-24)11-29(25)14-6-7-15-16(10-14)27-9-1-8-26-15/h2-7,10,18H,1,8-9,11H2. The maximum atomic E-state index is 12.8. The predicted molar refractivity (Wildman–Crippen MR) is 97.9 cm³/mol. The number of halogens is 2. The molecule has 1 unspecified atom stereocenters. The van der Waals surface area contributed by atoms with E-state index in [4.69, 9.17) is 9.47 Å². The number of alkyl halides is 2. The normalized spacial score (nSPS) is 14.4. The fourth-order valence-electron chi connectivity index (χ4n) is 2.75. The van der Waals surface area contributed by atoms with Crippen LogP contribution in [0, 0.1) is 0 Å². The Morgan fingerprint density at radius 1 is 1.10 bits per heavy atom. The van der Waals surface area contributed by atoms with Crippen molar-refractivity contribution in [2.75, 3.05) is 13.2 Å². The number of rotatable bonds is 6. The largest absolute Gasteiger partial charge is 0.490 e. The molecular weight excluding hydrogens is 406 g/mol. The summed E-state index contributed by atoms with van der Waals surface area (Å²) in [6.07, 6.45) is 0.781. The lowest BCUT2D eigenvalue weighted by Gasteiger charge is -2.10. The third kappa shape index (κ3) is 4.50. The number of benzene rings is 2. The molecule has 1 aliphatic heterocycles. The Morgan fingerprint density at radius 3 is 2.62 bits per heavy atom. The van der Waals surface area contributed by atoms with Gasteiger partial charge in [-0.2, -0.15) is 13.5 Å². The predicted octanol–water partition coefficient (Wildman–Crippen LogP) is 2.73. The Hall–Kier alpha value is -3.08. The highest BCUT2D eigenvalue weighted by Crippen LogP contribution is 2.32. The van der Waals surface area contributed by atoms with Gasteiger partial charge in [0.25, 0.3) is 0 Å². The van der Waals surface area contributed by atoms with E-state index in [1.807, 2.05) is 0 Å². The molecule has 2 heterocycles. The fraction of sp³-hybridized carbons (Fsp3) is 0.278. The molecule has 0 bridgehead atoms. The maximum absolute atomic E-state index is 12.8. The van der Waals surface area contributed by atoms with E-state index in [2.05, 4.69) is 20.3 Å². The monoisotopic (exact) mass is 422 g/mol. The van der Waals surface area contributed by atoms with E-state index in [-0.39, 0.29) is 11.5 Å². The van der Waals surface area contributed by atoms with Crippen molar-refractivity contribution in [3.8, 4) is 22.9 Å². The molecule has 0 saturated carbocycles. The van der Waals surface area contributed by atoms with Gasteiger partial charge in [-0.15, -0.1) is 5.10 Å². The highest BCUT2D eigenvalue weighted by molar-refractivity contribution is 7.84. The number of hydrogen-bond acceptors (Lipinski definition) is 7. The van der Waals surface area contributed by atoms with E-state index >= 15 is 0 Å². The zero-order valence-corrected chi connectivity index (χ0v) is 15.8. The highest BCUT2D eigenvalue weighted by atomic mass is 32.2. The van der Waals surface area contributed by atoms with Crippen LogP contribution >= 0.6 is 0 Å². The molecule has 1 aliphatic rings. The van der Waals surface area contributed by atoms with Gasteiger partial charge in [0, 0.05) is 17.4 Å². The van der Waals surface area contributed by atoms with E-state index in [1.165, 1.54) is 28.9 Å². The molecule has 11 heteroatoms. The highest BCUT2D eigenvalue weighted by Gasteiger charge is 2.17. The quantitative estimate of drug-likeness (QED) is 0.604. The van der Waals surface area contributed by atoms with Crippen LogP contribution < -0.4 is 14.2 Å². The zero-order chi connectivity index (χ0) is 20.2. The number of hydrogen-bond donors (Lipinski definition) is 0. The molecule has 152 valence electrons. The molecule has 29 heavy (non-hydrogen) atoms. The summed E-state index contributed by atoms with van der Waals surface area (Å²) in [5, 5.41) is 11.5. The van der Waals surface area contributed by atoms with Gasteiger partial charge in [0.2, 0.25) is 0 Å². The third-order valence-corrected chi connectivity index (χ3v) is 5.38. The molecule has 0 spiro atoms. The summed E-state index contributed by atoms with van der Waals surface area (Å²) in [6, 6.07) is 11.0. The van der Waals surface area contributed by atoms with Crippen molar-refractivity contribution >= 4 is 10.8 Å². The average molecular weight is 422 g/mol. The lowest BCUT2D eigenvalue weighted by atomic mass is 10.3. The lowest BCUT2D eigenvalue weighted by molar-refractivity contribution is -0.0498. The summed E-state index contributed by atoms with van der Waals surface area (Å²) >= 11 is 0. The van der Waals surface area contributed by atoms with Crippen LogP contribution in [0.25, 0.3) is 5.69 Å². The van der Waals surface area contributed by atoms with Crippen LogP contribution in [0.5, 0.6) is 17.2 Å².